The van der Waals surface area contributed by atoms with E-state index >= 15 is 0 Å². The van der Waals surface area contributed by atoms with Gasteiger partial charge in [-0.15, -0.1) is 0 Å². The summed E-state index contributed by atoms with van der Waals surface area (Å²) in [4.78, 5) is 11.4. The van der Waals surface area contributed by atoms with Crippen LogP contribution in [0.2, 0.25) is 0 Å². The van der Waals surface area contributed by atoms with Crippen molar-refractivity contribution in [2.24, 2.45) is 5.73 Å². The molecule has 6 heteroatoms. The molecule has 2 aromatic carbocycles. The van der Waals surface area contributed by atoms with E-state index in [2.05, 4.69) is 15.9 Å². The van der Waals surface area contributed by atoms with Gasteiger partial charge in [0.2, 0.25) is 0 Å². The van der Waals surface area contributed by atoms with Crippen LogP contribution in [0.15, 0.2) is 40.9 Å². The first-order valence-electron chi connectivity index (χ1n) is 6.06. The lowest BCUT2D eigenvalue weighted by molar-refractivity contribution is 0.0995. The third kappa shape index (κ3) is 3.52. The topological polar surface area (TPSA) is 61.5 Å². The summed E-state index contributed by atoms with van der Waals surface area (Å²) in [5, 5.41) is 0. The summed E-state index contributed by atoms with van der Waals surface area (Å²) in [6, 6.07) is 9.44. The number of methoxy groups -OCH3 is 1. The van der Waals surface area contributed by atoms with Crippen LogP contribution in [0, 0.1) is 5.82 Å². The van der Waals surface area contributed by atoms with E-state index in [0.717, 1.165) is 0 Å². The SMILES string of the molecule is COc1cccc(C(N)=O)c1OCc1ccc(Br)cc1F. The van der Waals surface area contributed by atoms with E-state index in [1.807, 2.05) is 0 Å². The summed E-state index contributed by atoms with van der Waals surface area (Å²) < 4.78 is 25.1. The number of carbonyl (C=O) groups is 1. The minimum atomic E-state index is -0.639. The molecule has 0 heterocycles. The molecule has 2 N–H and O–H groups in total. The number of para-hydroxylation sites is 1. The zero-order valence-electron chi connectivity index (χ0n) is 11.2. The number of amides is 1. The van der Waals surface area contributed by atoms with Gasteiger partial charge >= 0.3 is 0 Å². The van der Waals surface area contributed by atoms with Crippen LogP contribution in [0.25, 0.3) is 0 Å². The molecule has 0 saturated heterocycles. The Morgan fingerprint density at radius 1 is 1.33 bits per heavy atom. The van der Waals surface area contributed by atoms with Gasteiger partial charge in [0.25, 0.3) is 5.91 Å². The average molecular weight is 354 g/mol. The zero-order chi connectivity index (χ0) is 15.4. The number of ether oxygens (including phenoxy) is 2. The highest BCUT2D eigenvalue weighted by Gasteiger charge is 2.15. The van der Waals surface area contributed by atoms with Crippen LogP contribution >= 0.6 is 15.9 Å². The zero-order valence-corrected chi connectivity index (χ0v) is 12.8. The van der Waals surface area contributed by atoms with Crippen LogP contribution in [-0.2, 0) is 6.61 Å². The first kappa shape index (κ1) is 15.3. The lowest BCUT2D eigenvalue weighted by Crippen LogP contribution is -2.13. The molecule has 0 aliphatic rings. The molecule has 0 atom stereocenters. The third-order valence-corrected chi connectivity index (χ3v) is 3.34. The van der Waals surface area contributed by atoms with Crippen molar-refractivity contribution in [1.29, 1.82) is 0 Å². The van der Waals surface area contributed by atoms with Crippen molar-refractivity contribution in [2.45, 2.75) is 6.61 Å². The number of carbonyl (C=O) groups excluding carboxylic acids is 1. The quantitative estimate of drug-likeness (QED) is 0.897. The maximum Gasteiger partial charge on any atom is 0.252 e. The van der Waals surface area contributed by atoms with Crippen molar-refractivity contribution in [3.8, 4) is 11.5 Å². The van der Waals surface area contributed by atoms with Gasteiger partial charge < -0.3 is 15.2 Å². The molecule has 0 fully saturated rings. The number of nitrogens with two attached hydrogens (primary N) is 1. The predicted molar refractivity (Wildman–Crippen MR) is 79.9 cm³/mol. The van der Waals surface area contributed by atoms with Crippen LogP contribution in [-0.4, -0.2) is 13.0 Å². The summed E-state index contributed by atoms with van der Waals surface area (Å²) >= 11 is 3.18. The molecule has 2 aromatic rings. The maximum absolute atomic E-state index is 13.8. The van der Waals surface area contributed by atoms with Crippen molar-refractivity contribution in [3.63, 3.8) is 0 Å². The first-order valence-corrected chi connectivity index (χ1v) is 6.85. The number of rotatable bonds is 5. The molecule has 21 heavy (non-hydrogen) atoms. The predicted octanol–water partition coefficient (Wildman–Crippen LogP) is 3.27. The molecular formula is C15H13BrFNO3. The van der Waals surface area contributed by atoms with Gasteiger partial charge in [-0.1, -0.05) is 28.1 Å². The average Bonchev–Trinajstić information content (AvgIpc) is 2.45. The molecule has 0 aliphatic carbocycles. The van der Waals surface area contributed by atoms with E-state index in [1.165, 1.54) is 19.2 Å². The summed E-state index contributed by atoms with van der Waals surface area (Å²) in [5.41, 5.74) is 5.85. The molecule has 0 aliphatic heterocycles. The van der Waals surface area contributed by atoms with Gasteiger partial charge in [-0.2, -0.15) is 0 Å². The fourth-order valence-electron chi connectivity index (χ4n) is 1.81. The third-order valence-electron chi connectivity index (χ3n) is 2.85. The second kappa shape index (κ2) is 6.58. The lowest BCUT2D eigenvalue weighted by Gasteiger charge is -2.14. The van der Waals surface area contributed by atoms with E-state index in [0.29, 0.717) is 15.8 Å². The molecule has 2 rings (SSSR count). The Balaban J connectivity index is 2.28. The highest BCUT2D eigenvalue weighted by molar-refractivity contribution is 9.10. The Hall–Kier alpha value is -2.08. The highest BCUT2D eigenvalue weighted by atomic mass is 79.9. The van der Waals surface area contributed by atoms with Crippen LogP contribution in [0.4, 0.5) is 4.39 Å². The monoisotopic (exact) mass is 353 g/mol. The molecule has 0 aromatic heterocycles. The molecular weight excluding hydrogens is 341 g/mol. The Morgan fingerprint density at radius 2 is 2.10 bits per heavy atom. The molecule has 0 bridgehead atoms. The Morgan fingerprint density at radius 3 is 2.71 bits per heavy atom. The number of benzene rings is 2. The van der Waals surface area contributed by atoms with E-state index in [-0.39, 0.29) is 17.9 Å². The van der Waals surface area contributed by atoms with E-state index < -0.39 is 11.7 Å². The minimum absolute atomic E-state index is 0.0419. The molecule has 4 nitrogen and oxygen atoms in total. The van der Waals surface area contributed by atoms with Crippen molar-refractivity contribution in [1.82, 2.24) is 0 Å². The largest absolute Gasteiger partial charge is 0.493 e. The Kier molecular flexibility index (Phi) is 4.80. The number of hydrogen-bond donors (Lipinski definition) is 1. The van der Waals surface area contributed by atoms with Crippen LogP contribution in [0.5, 0.6) is 11.5 Å². The van der Waals surface area contributed by atoms with Gasteiger partial charge in [0, 0.05) is 10.0 Å². The normalized spacial score (nSPS) is 10.2. The van der Waals surface area contributed by atoms with Gasteiger partial charge in [-0.25, -0.2) is 4.39 Å². The van der Waals surface area contributed by atoms with Gasteiger partial charge in [0.15, 0.2) is 11.5 Å². The van der Waals surface area contributed by atoms with E-state index in [9.17, 15) is 9.18 Å². The lowest BCUT2D eigenvalue weighted by atomic mass is 10.1. The molecule has 110 valence electrons. The fourth-order valence-corrected chi connectivity index (χ4v) is 2.14. The number of hydrogen-bond acceptors (Lipinski definition) is 3. The summed E-state index contributed by atoms with van der Waals surface area (Å²) in [6.45, 7) is -0.0419. The van der Waals surface area contributed by atoms with Crippen molar-refractivity contribution in [3.05, 3.63) is 57.8 Å². The van der Waals surface area contributed by atoms with Crippen molar-refractivity contribution >= 4 is 21.8 Å². The highest BCUT2D eigenvalue weighted by Crippen LogP contribution is 2.31. The second-order valence-corrected chi connectivity index (χ2v) is 5.14. The molecule has 0 unspecified atom stereocenters. The fraction of sp³-hybridized carbons (Fsp3) is 0.133. The van der Waals surface area contributed by atoms with Crippen molar-refractivity contribution < 1.29 is 18.7 Å². The second-order valence-electron chi connectivity index (χ2n) is 4.23. The summed E-state index contributed by atoms with van der Waals surface area (Å²) in [7, 11) is 1.45. The van der Waals surface area contributed by atoms with Gasteiger partial charge in [0.05, 0.1) is 12.7 Å². The molecule has 0 radical (unpaired) electrons. The first-order chi connectivity index (χ1) is 10.0. The smallest absolute Gasteiger partial charge is 0.252 e. The molecule has 0 saturated carbocycles. The summed E-state index contributed by atoms with van der Waals surface area (Å²) in [5.74, 6) is -0.473. The minimum Gasteiger partial charge on any atom is -0.493 e. The molecule has 0 spiro atoms. The van der Waals surface area contributed by atoms with Crippen molar-refractivity contribution in [2.75, 3.05) is 7.11 Å². The number of halogens is 2. The van der Waals surface area contributed by atoms with E-state index in [1.54, 1.807) is 24.3 Å². The standard InChI is InChI=1S/C15H13BrFNO3/c1-20-13-4-2-3-11(15(18)19)14(13)21-8-9-5-6-10(16)7-12(9)17/h2-7H,8H2,1H3,(H2,18,19). The Labute approximate surface area is 129 Å². The van der Waals surface area contributed by atoms with Gasteiger partial charge in [-0.3, -0.25) is 4.79 Å². The van der Waals surface area contributed by atoms with E-state index in [4.69, 9.17) is 15.2 Å². The Bertz CT molecular complexity index is 676. The number of primary amides is 1. The summed E-state index contributed by atoms with van der Waals surface area (Å²) in [6.07, 6.45) is 0. The van der Waals surface area contributed by atoms with Gasteiger partial charge in [0.1, 0.15) is 12.4 Å². The van der Waals surface area contributed by atoms with Crippen LogP contribution in [0.1, 0.15) is 15.9 Å². The van der Waals surface area contributed by atoms with Crippen LogP contribution < -0.4 is 15.2 Å². The molecule has 1 amide bonds. The van der Waals surface area contributed by atoms with Gasteiger partial charge in [-0.05, 0) is 24.3 Å². The maximum atomic E-state index is 13.8. The van der Waals surface area contributed by atoms with Crippen LogP contribution in [0.3, 0.4) is 0 Å².